The van der Waals surface area contributed by atoms with Crippen molar-refractivity contribution in [2.75, 3.05) is 19.8 Å². The Hall–Kier alpha value is -0.500. The zero-order valence-corrected chi connectivity index (χ0v) is 31.2. The summed E-state index contributed by atoms with van der Waals surface area (Å²) in [5, 5.41) is 13.7. The number of rotatable bonds is 37. The summed E-state index contributed by atoms with van der Waals surface area (Å²) in [5.41, 5.74) is 5.36. The van der Waals surface area contributed by atoms with E-state index in [-0.39, 0.29) is 25.7 Å². The molecule has 0 saturated heterocycles. The van der Waals surface area contributed by atoms with Crippen LogP contribution < -0.4 is 11.1 Å². The molecule has 0 aliphatic carbocycles. The second kappa shape index (κ2) is 34.4. The van der Waals surface area contributed by atoms with Crippen molar-refractivity contribution in [3.63, 3.8) is 0 Å². The number of nitrogens with two attached hydrogens (primary N) is 1. The highest BCUT2D eigenvalue weighted by Crippen LogP contribution is 2.43. The summed E-state index contributed by atoms with van der Waals surface area (Å²) in [6.07, 6.45) is 33.9. The number of phosphoric ester groups is 1. The summed E-state index contributed by atoms with van der Waals surface area (Å²) in [5.74, 6) is -0.161. The summed E-state index contributed by atoms with van der Waals surface area (Å²) < 4.78 is 22.1. The number of aliphatic hydroxyl groups excluding tert-OH is 1. The average molecular weight is 677 g/mol. The van der Waals surface area contributed by atoms with Gasteiger partial charge in [0, 0.05) is 13.0 Å². The number of aliphatic hydroxyl groups is 1. The van der Waals surface area contributed by atoms with Crippen LogP contribution in [0.1, 0.15) is 200 Å². The Morgan fingerprint density at radius 3 is 1.39 bits per heavy atom. The van der Waals surface area contributed by atoms with E-state index in [1.54, 1.807) is 0 Å². The second-order valence-corrected chi connectivity index (χ2v) is 15.0. The highest BCUT2D eigenvalue weighted by atomic mass is 31.2. The Bertz CT molecular complexity index is 699. The maximum atomic E-state index is 12.7. The quantitative estimate of drug-likeness (QED) is 0.0380. The number of amides is 1. The molecule has 0 heterocycles. The van der Waals surface area contributed by atoms with E-state index in [0.717, 1.165) is 38.5 Å². The van der Waals surface area contributed by atoms with Crippen molar-refractivity contribution in [3.05, 3.63) is 0 Å². The maximum absolute atomic E-state index is 12.7. The first kappa shape index (κ1) is 45.5. The van der Waals surface area contributed by atoms with Crippen LogP contribution in [0.2, 0.25) is 0 Å². The molecule has 9 heteroatoms. The van der Waals surface area contributed by atoms with E-state index in [0.29, 0.717) is 12.8 Å². The molecule has 0 aliphatic rings. The summed E-state index contributed by atoms with van der Waals surface area (Å²) in [4.78, 5) is 22.6. The molecule has 0 aromatic heterocycles. The first-order chi connectivity index (χ1) is 22.4. The van der Waals surface area contributed by atoms with Gasteiger partial charge in [0.2, 0.25) is 5.91 Å². The number of phosphoric acid groups is 1. The lowest BCUT2D eigenvalue weighted by molar-refractivity contribution is -0.123. The minimum Gasteiger partial charge on any atom is -0.391 e. The molecule has 3 atom stereocenters. The van der Waals surface area contributed by atoms with E-state index in [1.165, 1.54) is 135 Å². The highest BCUT2D eigenvalue weighted by molar-refractivity contribution is 7.47. The number of carbonyl (C=O) groups is 1. The van der Waals surface area contributed by atoms with Gasteiger partial charge in [0.25, 0.3) is 0 Å². The van der Waals surface area contributed by atoms with Crippen molar-refractivity contribution in [1.82, 2.24) is 5.32 Å². The largest absolute Gasteiger partial charge is 0.472 e. The van der Waals surface area contributed by atoms with E-state index in [4.69, 9.17) is 14.8 Å². The van der Waals surface area contributed by atoms with E-state index in [2.05, 4.69) is 19.2 Å². The topological polar surface area (TPSA) is 131 Å². The molecule has 0 saturated carbocycles. The summed E-state index contributed by atoms with van der Waals surface area (Å²) in [6.45, 7) is 4.21. The Balaban J connectivity index is 4.18. The first-order valence-electron chi connectivity index (χ1n) is 19.7. The Morgan fingerprint density at radius 1 is 0.630 bits per heavy atom. The second-order valence-electron chi connectivity index (χ2n) is 13.5. The van der Waals surface area contributed by atoms with Gasteiger partial charge in [-0.1, -0.05) is 181 Å². The number of hydrogen-bond acceptors (Lipinski definition) is 6. The molecule has 0 aliphatic heterocycles. The van der Waals surface area contributed by atoms with Gasteiger partial charge in [-0.3, -0.25) is 13.8 Å². The van der Waals surface area contributed by atoms with Gasteiger partial charge in [-0.2, -0.15) is 0 Å². The molecule has 0 aromatic rings. The van der Waals surface area contributed by atoms with Crippen molar-refractivity contribution in [2.24, 2.45) is 5.73 Å². The maximum Gasteiger partial charge on any atom is 0.472 e. The average Bonchev–Trinajstić information content (AvgIpc) is 3.04. The van der Waals surface area contributed by atoms with Crippen LogP contribution in [0, 0.1) is 0 Å². The molecule has 5 N–H and O–H groups in total. The zero-order valence-electron chi connectivity index (χ0n) is 30.3. The lowest BCUT2D eigenvalue weighted by Gasteiger charge is -2.25. The predicted molar refractivity (Wildman–Crippen MR) is 194 cm³/mol. The van der Waals surface area contributed by atoms with Gasteiger partial charge in [0.1, 0.15) is 0 Å². The third-order valence-electron chi connectivity index (χ3n) is 8.96. The highest BCUT2D eigenvalue weighted by Gasteiger charge is 2.27. The van der Waals surface area contributed by atoms with Crippen LogP contribution in [-0.2, 0) is 18.4 Å². The standard InChI is InChI=1S/C37H77N2O6P/c1-3-5-7-9-11-13-15-16-17-18-19-21-22-24-26-28-30-36(40)35(34-45-46(42,43)44-33-32-38)39-37(41)31-29-27-25-23-20-14-12-10-8-6-4-2/h35-36,40H,3-34,38H2,1-2H3,(H,39,41)(H,42,43)/t35-,36+/m0/s1. The Kier molecular flexibility index (Phi) is 34.0. The van der Waals surface area contributed by atoms with Crippen LogP contribution in [0.4, 0.5) is 0 Å². The molecule has 276 valence electrons. The predicted octanol–water partition coefficient (Wildman–Crippen LogP) is 10.3. The molecule has 0 bridgehead atoms. The fourth-order valence-corrected chi connectivity index (χ4v) is 6.72. The van der Waals surface area contributed by atoms with Crippen LogP contribution in [0.25, 0.3) is 0 Å². The van der Waals surface area contributed by atoms with E-state index in [9.17, 15) is 19.4 Å². The van der Waals surface area contributed by atoms with E-state index < -0.39 is 20.0 Å². The number of hydrogen-bond donors (Lipinski definition) is 4. The van der Waals surface area contributed by atoms with Crippen LogP contribution in [-0.4, -0.2) is 47.8 Å². The Labute approximate surface area is 284 Å². The molecule has 1 amide bonds. The summed E-state index contributed by atoms with van der Waals surface area (Å²) in [7, 11) is -4.30. The lowest BCUT2D eigenvalue weighted by atomic mass is 10.0. The van der Waals surface area contributed by atoms with Crippen LogP contribution in [0.3, 0.4) is 0 Å². The summed E-state index contributed by atoms with van der Waals surface area (Å²) in [6, 6.07) is -0.765. The molecule has 0 spiro atoms. The van der Waals surface area contributed by atoms with E-state index in [1.807, 2.05) is 0 Å². The SMILES string of the molecule is CCCCCCCCCCCCCCCCCC[C@@H](O)[C@H](COP(=O)(O)OCCN)NC(=O)CCCCCCCCCCCCC. The van der Waals surface area contributed by atoms with Crippen LogP contribution in [0.15, 0.2) is 0 Å². The first-order valence-corrected chi connectivity index (χ1v) is 21.1. The smallest absolute Gasteiger partial charge is 0.391 e. The lowest BCUT2D eigenvalue weighted by Crippen LogP contribution is -2.46. The molecule has 1 unspecified atom stereocenters. The van der Waals surface area contributed by atoms with Gasteiger partial charge in [0.15, 0.2) is 0 Å². The number of carbonyl (C=O) groups excluding carboxylic acids is 1. The van der Waals surface area contributed by atoms with Gasteiger partial charge in [0.05, 0.1) is 25.4 Å². The third-order valence-corrected chi connectivity index (χ3v) is 9.95. The van der Waals surface area contributed by atoms with E-state index >= 15 is 0 Å². The Morgan fingerprint density at radius 2 is 1.00 bits per heavy atom. The molecular weight excluding hydrogens is 599 g/mol. The molecular formula is C37H77N2O6P. The monoisotopic (exact) mass is 677 g/mol. The van der Waals surface area contributed by atoms with Crippen LogP contribution in [0.5, 0.6) is 0 Å². The molecule has 0 aromatic carbocycles. The zero-order chi connectivity index (χ0) is 34.0. The van der Waals surface area contributed by atoms with Crippen molar-refractivity contribution in [1.29, 1.82) is 0 Å². The van der Waals surface area contributed by atoms with Crippen LogP contribution >= 0.6 is 7.82 Å². The van der Waals surface area contributed by atoms with Gasteiger partial charge in [-0.05, 0) is 12.8 Å². The van der Waals surface area contributed by atoms with Gasteiger partial charge < -0.3 is 21.1 Å². The van der Waals surface area contributed by atoms with Gasteiger partial charge in [-0.15, -0.1) is 0 Å². The minimum atomic E-state index is -4.30. The third kappa shape index (κ3) is 32.1. The number of nitrogens with one attached hydrogen (secondary N) is 1. The van der Waals surface area contributed by atoms with Crippen molar-refractivity contribution < 1.29 is 28.4 Å². The summed E-state index contributed by atoms with van der Waals surface area (Å²) >= 11 is 0. The molecule has 0 radical (unpaired) electrons. The van der Waals surface area contributed by atoms with Crippen molar-refractivity contribution in [3.8, 4) is 0 Å². The van der Waals surface area contributed by atoms with Crippen molar-refractivity contribution in [2.45, 2.75) is 212 Å². The molecule has 8 nitrogen and oxygen atoms in total. The normalized spacial score (nSPS) is 14.3. The number of unbranched alkanes of at least 4 members (excludes halogenated alkanes) is 25. The molecule has 46 heavy (non-hydrogen) atoms. The minimum absolute atomic E-state index is 0.0922. The van der Waals surface area contributed by atoms with Crippen molar-refractivity contribution >= 4 is 13.7 Å². The fourth-order valence-electron chi connectivity index (χ4n) is 5.96. The van der Waals surface area contributed by atoms with Gasteiger partial charge >= 0.3 is 7.82 Å². The fraction of sp³-hybridized carbons (Fsp3) is 0.973. The molecule has 0 fully saturated rings. The van der Waals surface area contributed by atoms with Gasteiger partial charge in [-0.25, -0.2) is 4.57 Å². The molecule has 0 rings (SSSR count).